The first kappa shape index (κ1) is 15.8. The number of carbonyl (C=O) groups is 1. The molecule has 1 aliphatic heterocycles. The summed E-state index contributed by atoms with van der Waals surface area (Å²) < 4.78 is 0. The molecule has 0 aromatic rings. The quantitative estimate of drug-likeness (QED) is 0.837. The van der Waals surface area contributed by atoms with Crippen LogP contribution in [0.15, 0.2) is 0 Å². The number of carbonyl (C=O) groups excluding carboxylic acids is 1. The summed E-state index contributed by atoms with van der Waals surface area (Å²) in [5.41, 5.74) is 0. The van der Waals surface area contributed by atoms with Gasteiger partial charge in [-0.25, -0.2) is 0 Å². The molecular weight excluding hydrogens is 248 g/mol. The summed E-state index contributed by atoms with van der Waals surface area (Å²) in [6.45, 7) is 9.87. The molecule has 1 heterocycles. The molecule has 116 valence electrons. The van der Waals surface area contributed by atoms with Gasteiger partial charge in [-0.2, -0.15) is 0 Å². The molecule has 0 radical (unpaired) electrons. The zero-order valence-corrected chi connectivity index (χ0v) is 13.7. The molecule has 2 aliphatic rings. The van der Waals surface area contributed by atoms with Crippen LogP contribution in [0.25, 0.3) is 0 Å². The number of nitrogens with zero attached hydrogens (tertiary/aromatic N) is 1. The molecule has 1 saturated heterocycles. The lowest BCUT2D eigenvalue weighted by molar-refractivity contribution is -0.131. The van der Waals surface area contributed by atoms with E-state index in [4.69, 9.17) is 0 Å². The summed E-state index contributed by atoms with van der Waals surface area (Å²) >= 11 is 0. The molecule has 3 nitrogen and oxygen atoms in total. The van der Waals surface area contributed by atoms with Gasteiger partial charge in [0.15, 0.2) is 0 Å². The van der Waals surface area contributed by atoms with E-state index in [1.807, 2.05) is 0 Å². The maximum atomic E-state index is 12.7. The largest absolute Gasteiger partial charge is 0.326 e. The first-order valence-corrected chi connectivity index (χ1v) is 8.63. The van der Waals surface area contributed by atoms with Crippen LogP contribution in [0.3, 0.4) is 0 Å². The topological polar surface area (TPSA) is 32.3 Å². The molecule has 0 aromatic heterocycles. The fourth-order valence-electron chi connectivity index (χ4n) is 3.90. The second-order valence-corrected chi connectivity index (χ2v) is 7.08. The zero-order valence-electron chi connectivity index (χ0n) is 13.7. The van der Waals surface area contributed by atoms with Crippen molar-refractivity contribution in [2.45, 2.75) is 78.4 Å². The molecule has 0 aromatic carbocycles. The van der Waals surface area contributed by atoms with E-state index in [0.717, 1.165) is 25.3 Å². The predicted molar refractivity (Wildman–Crippen MR) is 83.3 cm³/mol. The van der Waals surface area contributed by atoms with Crippen LogP contribution in [0.5, 0.6) is 0 Å². The van der Waals surface area contributed by atoms with E-state index in [9.17, 15) is 4.79 Å². The van der Waals surface area contributed by atoms with Crippen LogP contribution in [0.1, 0.15) is 66.2 Å². The summed E-state index contributed by atoms with van der Waals surface area (Å²) in [5.74, 6) is 2.34. The van der Waals surface area contributed by atoms with E-state index >= 15 is 0 Å². The van der Waals surface area contributed by atoms with Gasteiger partial charge in [0.1, 0.15) is 0 Å². The first-order chi connectivity index (χ1) is 9.56. The zero-order chi connectivity index (χ0) is 14.7. The van der Waals surface area contributed by atoms with Gasteiger partial charge < -0.3 is 4.90 Å². The molecule has 5 unspecified atom stereocenters. The molecule has 1 amide bonds. The Morgan fingerprint density at radius 1 is 1.35 bits per heavy atom. The van der Waals surface area contributed by atoms with Crippen molar-refractivity contribution in [3.63, 3.8) is 0 Å². The van der Waals surface area contributed by atoms with Crippen LogP contribution < -0.4 is 5.32 Å². The lowest BCUT2D eigenvalue weighted by Crippen LogP contribution is -2.40. The number of rotatable bonds is 5. The maximum absolute atomic E-state index is 12.7. The standard InChI is InChI=1S/C17H32N2O/c1-5-13(4)16-17(20)19(15(6-2)18-16)11-14-9-7-8-12(3)10-14/h12-16,18H,5-11H2,1-4H3. The Morgan fingerprint density at radius 2 is 2.10 bits per heavy atom. The van der Waals surface area contributed by atoms with Crippen molar-refractivity contribution in [2.75, 3.05) is 6.54 Å². The number of hydrogen-bond donors (Lipinski definition) is 1. The third-order valence-corrected chi connectivity index (χ3v) is 5.40. The maximum Gasteiger partial charge on any atom is 0.241 e. The fourth-order valence-corrected chi connectivity index (χ4v) is 3.90. The van der Waals surface area contributed by atoms with E-state index in [1.165, 1.54) is 25.7 Å². The third-order valence-electron chi connectivity index (χ3n) is 5.40. The van der Waals surface area contributed by atoms with Gasteiger partial charge in [-0.15, -0.1) is 0 Å². The molecule has 20 heavy (non-hydrogen) atoms. The van der Waals surface area contributed by atoms with Crippen molar-refractivity contribution in [3.8, 4) is 0 Å². The van der Waals surface area contributed by atoms with Gasteiger partial charge in [0, 0.05) is 6.54 Å². The minimum absolute atomic E-state index is 0.0472. The Hall–Kier alpha value is -0.570. The van der Waals surface area contributed by atoms with Gasteiger partial charge in [-0.05, 0) is 37.0 Å². The van der Waals surface area contributed by atoms with Gasteiger partial charge >= 0.3 is 0 Å². The summed E-state index contributed by atoms with van der Waals surface area (Å²) in [6, 6.07) is 0.0472. The highest BCUT2D eigenvalue weighted by molar-refractivity contribution is 5.84. The lowest BCUT2D eigenvalue weighted by Gasteiger charge is -2.32. The monoisotopic (exact) mass is 280 g/mol. The van der Waals surface area contributed by atoms with E-state index in [1.54, 1.807) is 0 Å². The average molecular weight is 280 g/mol. The van der Waals surface area contributed by atoms with E-state index in [2.05, 4.69) is 37.9 Å². The molecule has 1 aliphatic carbocycles. The average Bonchev–Trinajstić information content (AvgIpc) is 2.75. The molecule has 1 saturated carbocycles. The number of amides is 1. The normalized spacial score (nSPS) is 36.4. The molecule has 0 bridgehead atoms. The second-order valence-electron chi connectivity index (χ2n) is 7.08. The molecule has 0 spiro atoms. The van der Waals surface area contributed by atoms with Crippen LogP contribution >= 0.6 is 0 Å². The van der Waals surface area contributed by atoms with Gasteiger partial charge in [-0.1, -0.05) is 47.0 Å². The number of nitrogens with one attached hydrogen (secondary N) is 1. The Labute approximate surface area is 124 Å². The SMILES string of the molecule is CCC(C)C1NC(CC)N(CC2CCCC(C)C2)C1=O. The second kappa shape index (κ2) is 6.93. The van der Waals surface area contributed by atoms with Gasteiger partial charge in [-0.3, -0.25) is 10.1 Å². The van der Waals surface area contributed by atoms with Crippen LogP contribution in [0, 0.1) is 17.8 Å². The smallest absolute Gasteiger partial charge is 0.241 e. The third kappa shape index (κ3) is 3.36. The summed E-state index contributed by atoms with van der Waals surface area (Å²) in [5, 5.41) is 3.57. The Morgan fingerprint density at radius 3 is 2.70 bits per heavy atom. The Kier molecular flexibility index (Phi) is 5.48. The molecule has 1 N–H and O–H groups in total. The van der Waals surface area contributed by atoms with Gasteiger partial charge in [0.05, 0.1) is 12.2 Å². The fraction of sp³-hybridized carbons (Fsp3) is 0.941. The highest BCUT2D eigenvalue weighted by atomic mass is 16.2. The molecule has 3 heteroatoms. The van der Waals surface area contributed by atoms with Gasteiger partial charge in [0.25, 0.3) is 0 Å². The lowest BCUT2D eigenvalue weighted by atomic mass is 9.82. The highest BCUT2D eigenvalue weighted by Gasteiger charge is 2.41. The first-order valence-electron chi connectivity index (χ1n) is 8.63. The van der Waals surface area contributed by atoms with Crippen molar-refractivity contribution in [1.82, 2.24) is 10.2 Å². The van der Waals surface area contributed by atoms with Crippen LogP contribution in [0.2, 0.25) is 0 Å². The molecule has 2 fully saturated rings. The van der Waals surface area contributed by atoms with Crippen LogP contribution in [-0.2, 0) is 4.79 Å². The van der Waals surface area contributed by atoms with Crippen molar-refractivity contribution in [1.29, 1.82) is 0 Å². The van der Waals surface area contributed by atoms with Crippen molar-refractivity contribution in [2.24, 2.45) is 17.8 Å². The van der Waals surface area contributed by atoms with E-state index in [0.29, 0.717) is 17.7 Å². The summed E-state index contributed by atoms with van der Waals surface area (Å²) in [6.07, 6.45) is 7.66. The summed E-state index contributed by atoms with van der Waals surface area (Å²) in [7, 11) is 0. The van der Waals surface area contributed by atoms with Crippen molar-refractivity contribution >= 4 is 5.91 Å². The minimum Gasteiger partial charge on any atom is -0.326 e. The minimum atomic E-state index is 0.0472. The predicted octanol–water partition coefficient (Wildman–Crippen LogP) is 3.40. The van der Waals surface area contributed by atoms with E-state index in [-0.39, 0.29) is 12.2 Å². The highest BCUT2D eigenvalue weighted by Crippen LogP contribution is 2.31. The van der Waals surface area contributed by atoms with Gasteiger partial charge in [0.2, 0.25) is 5.91 Å². The Bertz CT molecular complexity index is 331. The van der Waals surface area contributed by atoms with Crippen LogP contribution in [-0.4, -0.2) is 29.6 Å². The number of hydrogen-bond acceptors (Lipinski definition) is 2. The van der Waals surface area contributed by atoms with Crippen molar-refractivity contribution in [3.05, 3.63) is 0 Å². The molecule has 5 atom stereocenters. The summed E-state index contributed by atoms with van der Waals surface area (Å²) in [4.78, 5) is 14.8. The van der Waals surface area contributed by atoms with Crippen molar-refractivity contribution < 1.29 is 4.79 Å². The molecule has 2 rings (SSSR count). The van der Waals surface area contributed by atoms with E-state index < -0.39 is 0 Å². The Balaban J connectivity index is 1.99. The molecular formula is C17H32N2O. The van der Waals surface area contributed by atoms with Crippen LogP contribution in [0.4, 0.5) is 0 Å².